The summed E-state index contributed by atoms with van der Waals surface area (Å²) in [4.78, 5) is 11.0. The predicted octanol–water partition coefficient (Wildman–Crippen LogP) is 3.43. The molecule has 1 unspecified atom stereocenters. The molecule has 1 N–H and O–H groups in total. The number of hydrogen-bond donors (Lipinski definition) is 1. The average Bonchev–Trinajstić information content (AvgIpc) is 3.18. The molecule has 0 saturated heterocycles. The van der Waals surface area contributed by atoms with Gasteiger partial charge in [0.05, 0.1) is 25.1 Å². The van der Waals surface area contributed by atoms with Crippen LogP contribution in [0.25, 0.3) is 0 Å². The van der Waals surface area contributed by atoms with Gasteiger partial charge in [0.2, 0.25) is 0 Å². The molecule has 0 bridgehead atoms. The Bertz CT molecular complexity index is 483. The second kappa shape index (κ2) is 5.82. The van der Waals surface area contributed by atoms with E-state index in [1.165, 1.54) is 0 Å². The molecular weight excluding hydrogens is 312 g/mol. The molecule has 0 radical (unpaired) electrons. The van der Waals surface area contributed by atoms with Crippen molar-refractivity contribution in [3.8, 4) is 11.5 Å². The average molecular weight is 329 g/mol. The van der Waals surface area contributed by atoms with E-state index >= 15 is 0 Å². The van der Waals surface area contributed by atoms with Crippen LogP contribution in [0.3, 0.4) is 0 Å². The first-order valence-corrected chi connectivity index (χ1v) is 6.99. The highest BCUT2D eigenvalue weighted by atomic mass is 79.9. The Morgan fingerprint density at radius 1 is 1.42 bits per heavy atom. The summed E-state index contributed by atoms with van der Waals surface area (Å²) in [5.41, 5.74) is 0.995. The van der Waals surface area contributed by atoms with E-state index in [2.05, 4.69) is 15.9 Å². The van der Waals surface area contributed by atoms with Crippen LogP contribution in [0, 0.1) is 5.92 Å². The topological polar surface area (TPSA) is 55.8 Å². The Kier molecular flexibility index (Phi) is 4.34. The molecule has 1 fully saturated rings. The molecule has 0 spiro atoms. The Labute approximate surface area is 120 Å². The summed E-state index contributed by atoms with van der Waals surface area (Å²) in [5, 5.41) is 9.05. The van der Waals surface area contributed by atoms with Gasteiger partial charge in [-0.2, -0.15) is 0 Å². The highest BCUT2D eigenvalue weighted by molar-refractivity contribution is 9.10. The molecule has 1 aromatic carbocycles. The number of hydrogen-bond acceptors (Lipinski definition) is 3. The van der Waals surface area contributed by atoms with Gasteiger partial charge in [-0.05, 0) is 58.3 Å². The van der Waals surface area contributed by atoms with Crippen molar-refractivity contribution in [1.29, 1.82) is 0 Å². The maximum atomic E-state index is 11.0. The highest BCUT2D eigenvalue weighted by Crippen LogP contribution is 2.47. The van der Waals surface area contributed by atoms with Crippen molar-refractivity contribution in [3.63, 3.8) is 0 Å². The third-order valence-corrected chi connectivity index (χ3v) is 4.06. The maximum absolute atomic E-state index is 11.0. The van der Waals surface area contributed by atoms with E-state index in [9.17, 15) is 4.79 Å². The zero-order chi connectivity index (χ0) is 14.0. The lowest BCUT2D eigenvalue weighted by Gasteiger charge is -2.18. The summed E-state index contributed by atoms with van der Waals surface area (Å²) < 4.78 is 11.4. The van der Waals surface area contributed by atoms with Gasteiger partial charge in [-0.1, -0.05) is 0 Å². The zero-order valence-corrected chi connectivity index (χ0v) is 12.6. The smallest absolute Gasteiger partial charge is 0.303 e. The fourth-order valence-corrected chi connectivity index (χ4v) is 3.02. The highest BCUT2D eigenvalue weighted by Gasteiger charge is 2.34. The van der Waals surface area contributed by atoms with Gasteiger partial charge in [0.25, 0.3) is 0 Å². The second-order valence-corrected chi connectivity index (χ2v) is 5.63. The molecular formula is C14H17BrO4. The van der Waals surface area contributed by atoms with Crippen LogP contribution in [0.15, 0.2) is 16.6 Å². The monoisotopic (exact) mass is 328 g/mol. The fraction of sp³-hybridized carbons (Fsp3) is 0.500. The van der Waals surface area contributed by atoms with Gasteiger partial charge in [-0.25, -0.2) is 0 Å². The van der Waals surface area contributed by atoms with Crippen molar-refractivity contribution >= 4 is 21.9 Å². The number of ether oxygens (including phenoxy) is 2. The number of carboxylic acid groups (broad SMARTS) is 1. The molecule has 0 aliphatic heterocycles. The molecule has 104 valence electrons. The minimum atomic E-state index is -0.761. The molecule has 1 aliphatic rings. The lowest BCUT2D eigenvalue weighted by Crippen LogP contribution is -2.09. The number of methoxy groups -OCH3 is 2. The SMILES string of the molecule is COc1cc(C(CC(=O)O)C2CC2)cc(Br)c1OC. The second-order valence-electron chi connectivity index (χ2n) is 4.78. The van der Waals surface area contributed by atoms with E-state index in [0.29, 0.717) is 17.4 Å². The Hall–Kier alpha value is -1.23. The molecule has 0 aromatic heterocycles. The Morgan fingerprint density at radius 3 is 2.58 bits per heavy atom. The van der Waals surface area contributed by atoms with Gasteiger partial charge in [-0.3, -0.25) is 4.79 Å². The van der Waals surface area contributed by atoms with Crippen molar-refractivity contribution in [1.82, 2.24) is 0 Å². The number of aliphatic carboxylic acids is 1. The Morgan fingerprint density at radius 2 is 2.11 bits per heavy atom. The van der Waals surface area contributed by atoms with Crippen LogP contribution in [0.1, 0.15) is 30.7 Å². The van der Waals surface area contributed by atoms with Crippen molar-refractivity contribution < 1.29 is 19.4 Å². The fourth-order valence-electron chi connectivity index (χ4n) is 2.40. The molecule has 4 nitrogen and oxygen atoms in total. The molecule has 0 amide bonds. The maximum Gasteiger partial charge on any atom is 0.303 e. The van der Waals surface area contributed by atoms with Gasteiger partial charge in [0.15, 0.2) is 11.5 Å². The van der Waals surface area contributed by atoms with Crippen LogP contribution in [0.2, 0.25) is 0 Å². The van der Waals surface area contributed by atoms with Crippen LogP contribution >= 0.6 is 15.9 Å². The zero-order valence-electron chi connectivity index (χ0n) is 11.0. The van der Waals surface area contributed by atoms with Crippen molar-refractivity contribution in [3.05, 3.63) is 22.2 Å². The molecule has 5 heteroatoms. The third-order valence-electron chi connectivity index (χ3n) is 3.47. The normalized spacial score (nSPS) is 15.9. The molecule has 1 saturated carbocycles. The lowest BCUT2D eigenvalue weighted by molar-refractivity contribution is -0.137. The summed E-state index contributed by atoms with van der Waals surface area (Å²) >= 11 is 3.45. The summed E-state index contributed by atoms with van der Waals surface area (Å²) in [7, 11) is 3.16. The van der Waals surface area contributed by atoms with E-state index in [-0.39, 0.29) is 12.3 Å². The lowest BCUT2D eigenvalue weighted by atomic mass is 9.91. The largest absolute Gasteiger partial charge is 0.493 e. The third kappa shape index (κ3) is 3.21. The van der Waals surface area contributed by atoms with Gasteiger partial charge in [-0.15, -0.1) is 0 Å². The molecule has 2 rings (SSSR count). The van der Waals surface area contributed by atoms with Crippen molar-refractivity contribution in [2.45, 2.75) is 25.2 Å². The van der Waals surface area contributed by atoms with Crippen LogP contribution < -0.4 is 9.47 Å². The molecule has 1 atom stereocenters. The number of benzene rings is 1. The summed E-state index contributed by atoms with van der Waals surface area (Å²) in [6.45, 7) is 0. The number of carboxylic acids is 1. The molecule has 0 heterocycles. The van der Waals surface area contributed by atoms with Crippen LogP contribution in [0.5, 0.6) is 11.5 Å². The van der Waals surface area contributed by atoms with Crippen LogP contribution in [-0.2, 0) is 4.79 Å². The van der Waals surface area contributed by atoms with Crippen LogP contribution in [-0.4, -0.2) is 25.3 Å². The van der Waals surface area contributed by atoms with Gasteiger partial charge < -0.3 is 14.6 Å². The van der Waals surface area contributed by atoms with E-state index in [4.69, 9.17) is 14.6 Å². The van der Waals surface area contributed by atoms with E-state index in [1.807, 2.05) is 12.1 Å². The molecule has 1 aliphatic carbocycles. The summed E-state index contributed by atoms with van der Waals surface area (Å²) in [6, 6.07) is 3.82. The molecule has 19 heavy (non-hydrogen) atoms. The Balaban J connectivity index is 2.36. The molecule has 1 aromatic rings. The van der Waals surface area contributed by atoms with E-state index in [0.717, 1.165) is 22.9 Å². The van der Waals surface area contributed by atoms with Crippen molar-refractivity contribution in [2.24, 2.45) is 5.92 Å². The first-order valence-electron chi connectivity index (χ1n) is 6.20. The first-order chi connectivity index (χ1) is 9.06. The summed E-state index contributed by atoms with van der Waals surface area (Å²) in [6.07, 6.45) is 2.36. The quantitative estimate of drug-likeness (QED) is 0.869. The minimum Gasteiger partial charge on any atom is -0.493 e. The predicted molar refractivity (Wildman–Crippen MR) is 75.0 cm³/mol. The number of carbonyl (C=O) groups is 1. The van der Waals surface area contributed by atoms with Crippen molar-refractivity contribution in [2.75, 3.05) is 14.2 Å². The summed E-state index contributed by atoms with van der Waals surface area (Å²) in [5.74, 6) is 1.02. The van der Waals surface area contributed by atoms with E-state index in [1.54, 1.807) is 14.2 Å². The standard InChI is InChI=1S/C14H17BrO4/c1-18-12-6-9(5-11(15)14(12)19-2)10(7-13(16)17)8-3-4-8/h5-6,8,10H,3-4,7H2,1-2H3,(H,16,17). The van der Waals surface area contributed by atoms with Gasteiger partial charge in [0.1, 0.15) is 0 Å². The van der Waals surface area contributed by atoms with E-state index < -0.39 is 5.97 Å². The van der Waals surface area contributed by atoms with Crippen LogP contribution in [0.4, 0.5) is 0 Å². The minimum absolute atomic E-state index is 0.0496. The van der Waals surface area contributed by atoms with Gasteiger partial charge in [0, 0.05) is 0 Å². The van der Waals surface area contributed by atoms with Gasteiger partial charge >= 0.3 is 5.97 Å². The number of halogens is 1. The first kappa shape index (κ1) is 14.2. The number of rotatable bonds is 6.